The highest BCUT2D eigenvalue weighted by molar-refractivity contribution is 7.29. The highest BCUT2D eigenvalue weighted by Crippen LogP contribution is 2.38. The van der Waals surface area contributed by atoms with Crippen molar-refractivity contribution in [2.24, 2.45) is 0 Å². The van der Waals surface area contributed by atoms with Crippen molar-refractivity contribution in [2.45, 2.75) is 58.9 Å². The molecule has 1 atom stereocenters. The minimum absolute atomic E-state index is 0.0303. The quantitative estimate of drug-likeness (QED) is 0.0973. The molecule has 3 amide bonds. The molecule has 0 radical (unpaired) electrons. The number of hydrogen-bond acceptors (Lipinski definition) is 10. The Labute approximate surface area is 354 Å². The number of likely N-dealkylation sites (N-methyl/N-ethyl adjacent to an activating group) is 1. The van der Waals surface area contributed by atoms with Gasteiger partial charge in [-0.1, -0.05) is 56.7 Å². The molecule has 4 aromatic heterocycles. The minimum atomic E-state index is -0.195. The van der Waals surface area contributed by atoms with Crippen molar-refractivity contribution in [1.82, 2.24) is 40.4 Å². The Morgan fingerprint density at radius 3 is 2.15 bits per heavy atom. The number of benzene rings is 2. The van der Waals surface area contributed by atoms with E-state index in [-0.39, 0.29) is 30.3 Å². The number of ether oxygens (including phenoxy) is 1. The van der Waals surface area contributed by atoms with Crippen molar-refractivity contribution in [2.75, 3.05) is 46.9 Å². The Morgan fingerprint density at radius 2 is 1.56 bits per heavy atom. The van der Waals surface area contributed by atoms with Crippen molar-refractivity contribution in [3.05, 3.63) is 95.6 Å². The van der Waals surface area contributed by atoms with Gasteiger partial charge in [0, 0.05) is 47.4 Å². The minimum Gasteiger partial charge on any atom is -0.471 e. The van der Waals surface area contributed by atoms with Crippen LogP contribution >= 0.6 is 22.7 Å². The first-order valence-corrected chi connectivity index (χ1v) is 21.3. The first kappa shape index (κ1) is 45.9. The topological polar surface area (TPSA) is 165 Å². The van der Waals surface area contributed by atoms with Crippen LogP contribution in [0.15, 0.2) is 79.5 Å². The number of aromatic amines is 2. The summed E-state index contributed by atoms with van der Waals surface area (Å²) in [6.07, 6.45) is 10.8. The van der Waals surface area contributed by atoms with E-state index in [1.54, 1.807) is 46.4 Å². The van der Waals surface area contributed by atoms with Gasteiger partial charge in [-0.05, 0) is 80.0 Å². The molecule has 13 nitrogen and oxygen atoms in total. The Kier molecular flexibility index (Phi) is 19.3. The monoisotopic (exact) mass is 838 g/mol. The zero-order valence-electron chi connectivity index (χ0n) is 34.4. The molecule has 2 aliphatic rings. The number of amides is 3. The van der Waals surface area contributed by atoms with Gasteiger partial charge >= 0.3 is 0 Å². The number of nitrogens with one attached hydrogen (secondary N) is 4. The van der Waals surface area contributed by atoms with E-state index in [0.717, 1.165) is 79.0 Å². The Balaban J connectivity index is 0.000000191. The fraction of sp³-hybridized carbons (Fsp3) is 0.364. The molecule has 2 aromatic carbocycles. The summed E-state index contributed by atoms with van der Waals surface area (Å²) in [6, 6.07) is 20.4. The van der Waals surface area contributed by atoms with Crippen LogP contribution in [0.1, 0.15) is 75.1 Å². The van der Waals surface area contributed by atoms with Gasteiger partial charge in [-0.15, -0.1) is 22.7 Å². The maximum atomic E-state index is 12.2. The first-order chi connectivity index (χ1) is 28.7. The highest BCUT2D eigenvalue weighted by Gasteiger charge is 2.26. The van der Waals surface area contributed by atoms with E-state index in [0.29, 0.717) is 6.47 Å². The van der Waals surface area contributed by atoms with Gasteiger partial charge in [0.05, 0.1) is 48.4 Å². The van der Waals surface area contributed by atoms with Gasteiger partial charge in [-0.25, -0.2) is 9.97 Å². The molecule has 1 unspecified atom stereocenters. The maximum absolute atomic E-state index is 12.2. The smallest absolute Gasteiger partial charge is 0.292 e. The van der Waals surface area contributed by atoms with Crippen LogP contribution in [0.2, 0.25) is 0 Å². The maximum Gasteiger partial charge on any atom is 0.292 e. The van der Waals surface area contributed by atoms with Gasteiger partial charge in [0.1, 0.15) is 11.7 Å². The van der Waals surface area contributed by atoms with Gasteiger partial charge < -0.3 is 35.1 Å². The zero-order valence-corrected chi connectivity index (χ0v) is 36.0. The molecule has 2 aliphatic heterocycles. The lowest BCUT2D eigenvalue weighted by molar-refractivity contribution is -0.132. The van der Waals surface area contributed by atoms with Crippen LogP contribution in [0.4, 0.5) is 0 Å². The van der Waals surface area contributed by atoms with Crippen LogP contribution in [-0.4, -0.2) is 101 Å². The molecule has 0 spiro atoms. The summed E-state index contributed by atoms with van der Waals surface area (Å²) in [7, 11) is 3.15. The lowest BCUT2D eigenvalue weighted by atomic mass is 10.1. The molecule has 59 heavy (non-hydrogen) atoms. The number of thiophene rings is 2. The number of carbonyl (C=O) groups excluding carboxylic acids is 4. The van der Waals surface area contributed by atoms with Gasteiger partial charge in [-0.3, -0.25) is 19.2 Å². The third-order valence-electron chi connectivity index (χ3n) is 8.86. The second-order valence-corrected chi connectivity index (χ2v) is 15.7. The van der Waals surface area contributed by atoms with Crippen molar-refractivity contribution in [1.29, 1.82) is 0 Å². The van der Waals surface area contributed by atoms with Gasteiger partial charge in [0.2, 0.25) is 17.7 Å². The summed E-state index contributed by atoms with van der Waals surface area (Å²) in [4.78, 5) is 63.4. The van der Waals surface area contributed by atoms with Crippen LogP contribution in [0.5, 0.6) is 0 Å². The lowest BCUT2D eigenvalue weighted by Gasteiger charge is -2.23. The second-order valence-electron chi connectivity index (χ2n) is 13.5. The Bertz CT molecular complexity index is 2210. The molecular formula is C44H54N8O5S2. The van der Waals surface area contributed by atoms with E-state index in [9.17, 15) is 14.4 Å². The van der Waals surface area contributed by atoms with E-state index in [2.05, 4.69) is 91.3 Å². The summed E-state index contributed by atoms with van der Waals surface area (Å²) in [5.41, 5.74) is 5.15. The number of aromatic nitrogens is 4. The summed E-state index contributed by atoms with van der Waals surface area (Å²) in [5.74, 6) is 6.36. The molecule has 4 N–H and O–H groups in total. The number of imidazole rings is 2. The number of methoxy groups -OCH3 is 1. The summed E-state index contributed by atoms with van der Waals surface area (Å²) in [6.45, 7) is 9.69. The van der Waals surface area contributed by atoms with Crippen LogP contribution in [0.3, 0.4) is 0 Å². The van der Waals surface area contributed by atoms with Crippen LogP contribution in [0, 0.1) is 11.8 Å². The van der Waals surface area contributed by atoms with E-state index in [4.69, 9.17) is 4.79 Å². The number of H-pyrrole nitrogens is 2. The largest absolute Gasteiger partial charge is 0.471 e. The third kappa shape index (κ3) is 14.5. The fourth-order valence-electron chi connectivity index (χ4n) is 6.06. The van der Waals surface area contributed by atoms with Crippen LogP contribution in [0.25, 0.3) is 30.9 Å². The molecule has 0 aliphatic carbocycles. The lowest BCUT2D eigenvalue weighted by Crippen LogP contribution is -2.38. The molecule has 15 heteroatoms. The number of carbonyl (C=O) groups is 4. The van der Waals surface area contributed by atoms with Crippen molar-refractivity contribution < 1.29 is 23.9 Å². The number of fused-ring (bicyclic) bond motifs is 2. The van der Waals surface area contributed by atoms with Gasteiger partial charge in [0.15, 0.2) is 0 Å². The SMILES string of the molecule is C(#Cc1cc2sc(-c3ccc4nc[nH]c4c3)cc2s1)c1cnc[nH]1.CC(=O)NCC(=O)N1CCCC1.CCC.CNC(C(=O)N1CCCC1)c1ccccc1.COC=O. The molecule has 8 rings (SSSR count). The first-order valence-electron chi connectivity index (χ1n) is 19.7. The average molecular weight is 839 g/mol. The van der Waals surface area contributed by atoms with Crippen molar-refractivity contribution in [3.63, 3.8) is 0 Å². The zero-order chi connectivity index (χ0) is 42.4. The standard InChI is InChI=1S/C18H10N4S2.C13H18N2O.C8H14N2O2.C3H8.C2H4O2/c1-4-14-15(22-10-21-14)5-11(1)16-7-18-17(24-16)6-13(23-18)3-2-12-8-19-9-20-12;1-14-12(11-7-3-2-4-8-11)13(16)15-9-5-6-10-15;1-7(11)9-6-8(12)10-4-2-3-5-10;1-3-2;1-4-2-3/h1,4-10H,(H,19,20)(H,21,22);2-4,7-8,12,14H,5-6,9-10H2,1H3;2-6H2,1H3,(H,9,11);3H2,1-2H3;2H,1H3. The Morgan fingerprint density at radius 1 is 0.898 bits per heavy atom. The summed E-state index contributed by atoms with van der Waals surface area (Å²) < 4.78 is 6.40. The fourth-order valence-corrected chi connectivity index (χ4v) is 8.30. The molecular weight excluding hydrogens is 785 g/mol. The van der Waals surface area contributed by atoms with E-state index >= 15 is 0 Å². The number of nitrogens with zero attached hydrogens (tertiary/aromatic N) is 4. The summed E-state index contributed by atoms with van der Waals surface area (Å²) in [5, 5.41) is 5.60. The van der Waals surface area contributed by atoms with Crippen molar-refractivity contribution in [3.8, 4) is 22.3 Å². The number of hydrogen-bond donors (Lipinski definition) is 4. The van der Waals surface area contributed by atoms with Crippen LogP contribution < -0.4 is 10.6 Å². The number of likely N-dealkylation sites (tertiary alicyclic amines) is 2. The van der Waals surface area contributed by atoms with Gasteiger partial charge in [0.25, 0.3) is 6.47 Å². The normalized spacial score (nSPS) is 13.2. The highest BCUT2D eigenvalue weighted by atomic mass is 32.1. The predicted molar refractivity (Wildman–Crippen MR) is 237 cm³/mol. The molecule has 0 bridgehead atoms. The van der Waals surface area contributed by atoms with E-state index < -0.39 is 0 Å². The van der Waals surface area contributed by atoms with Gasteiger partial charge in [-0.2, -0.15) is 0 Å². The molecule has 6 aromatic rings. The second kappa shape index (κ2) is 24.8. The van der Waals surface area contributed by atoms with Crippen LogP contribution in [-0.2, 0) is 23.9 Å². The molecule has 6 heterocycles. The molecule has 2 fully saturated rings. The molecule has 0 saturated carbocycles. The van der Waals surface area contributed by atoms with Crippen molar-refractivity contribution >= 4 is 67.3 Å². The molecule has 312 valence electrons. The number of rotatable bonds is 7. The predicted octanol–water partition coefficient (Wildman–Crippen LogP) is 7.15. The average Bonchev–Trinajstić information content (AvgIpc) is 4.11. The third-order valence-corrected chi connectivity index (χ3v) is 11.1. The summed E-state index contributed by atoms with van der Waals surface area (Å²) >= 11 is 3.52. The van der Waals surface area contributed by atoms with E-state index in [1.165, 1.54) is 40.3 Å². The van der Waals surface area contributed by atoms with E-state index in [1.807, 2.05) is 42.3 Å². The molecule has 2 saturated heterocycles. The Hall–Kier alpha value is -5.82.